The van der Waals surface area contributed by atoms with Crippen molar-refractivity contribution in [3.8, 4) is 0 Å². The van der Waals surface area contributed by atoms with Crippen molar-refractivity contribution in [2.24, 2.45) is 4.99 Å². The van der Waals surface area contributed by atoms with Crippen molar-refractivity contribution in [1.29, 1.82) is 0 Å². The number of nitrogens with zero attached hydrogens (tertiary/aromatic N) is 1. The van der Waals surface area contributed by atoms with Crippen LogP contribution in [0.25, 0.3) is 0 Å². The first-order valence-electron chi connectivity index (χ1n) is 9.89. The Balaban J connectivity index is 0.00000392. The largest absolute Gasteiger partial charge is 0.357 e. The Morgan fingerprint density at radius 2 is 1.93 bits per heavy atom. The summed E-state index contributed by atoms with van der Waals surface area (Å²) in [5.41, 5.74) is 0.656. The van der Waals surface area contributed by atoms with Crippen LogP contribution in [0.4, 0.5) is 0 Å². The lowest BCUT2D eigenvalue weighted by molar-refractivity contribution is 0.0955. The van der Waals surface area contributed by atoms with Gasteiger partial charge in [-0.25, -0.2) is 0 Å². The fraction of sp³-hybridized carbons (Fsp3) is 0.600. The quantitative estimate of drug-likeness (QED) is 0.213. The minimum absolute atomic E-state index is 0. The fourth-order valence-corrected chi connectivity index (χ4v) is 4.64. The van der Waals surface area contributed by atoms with Crippen molar-refractivity contribution in [1.82, 2.24) is 16.0 Å². The van der Waals surface area contributed by atoms with E-state index in [1.165, 1.54) is 0 Å². The molecule has 1 aromatic rings. The third kappa shape index (κ3) is 8.46. The van der Waals surface area contributed by atoms with Crippen LogP contribution in [-0.2, 0) is 10.8 Å². The number of halogens is 1. The van der Waals surface area contributed by atoms with Gasteiger partial charge in [0.1, 0.15) is 0 Å². The van der Waals surface area contributed by atoms with E-state index < -0.39 is 10.8 Å². The van der Waals surface area contributed by atoms with Crippen LogP contribution in [0.3, 0.4) is 0 Å². The lowest BCUT2D eigenvalue weighted by Crippen LogP contribution is -2.47. The molecule has 0 bridgehead atoms. The summed E-state index contributed by atoms with van der Waals surface area (Å²) in [6, 6.07) is 9.48. The number of guanidine groups is 1. The van der Waals surface area contributed by atoms with Crippen molar-refractivity contribution in [3.63, 3.8) is 0 Å². The molecule has 0 saturated heterocycles. The predicted octanol–water partition coefficient (Wildman–Crippen LogP) is 2.67. The first kappa shape index (κ1) is 24.9. The van der Waals surface area contributed by atoms with Crippen LogP contribution in [0.2, 0.25) is 0 Å². The third-order valence-electron chi connectivity index (χ3n) is 4.67. The molecule has 158 valence electrons. The van der Waals surface area contributed by atoms with Crippen LogP contribution < -0.4 is 16.0 Å². The normalized spacial score (nSPS) is 20.6. The molecule has 2 rings (SSSR count). The van der Waals surface area contributed by atoms with Gasteiger partial charge in [-0.2, -0.15) is 0 Å². The molecule has 1 fully saturated rings. The van der Waals surface area contributed by atoms with Gasteiger partial charge in [-0.3, -0.25) is 14.0 Å². The second kappa shape index (κ2) is 13.9. The monoisotopic (exact) mass is 520 g/mol. The fourth-order valence-electron chi connectivity index (χ4n) is 3.29. The van der Waals surface area contributed by atoms with Crippen molar-refractivity contribution in [3.05, 3.63) is 35.9 Å². The maximum atomic E-state index is 12.1. The number of hydrogen-bond donors (Lipinski definition) is 3. The molecule has 6 nitrogen and oxygen atoms in total. The molecule has 1 aromatic carbocycles. The molecule has 1 aliphatic carbocycles. The van der Waals surface area contributed by atoms with E-state index in [2.05, 4.69) is 20.9 Å². The molecular formula is C20H33IN4O2S. The van der Waals surface area contributed by atoms with Crippen molar-refractivity contribution in [2.45, 2.75) is 50.8 Å². The highest BCUT2D eigenvalue weighted by Crippen LogP contribution is 2.22. The van der Waals surface area contributed by atoms with Gasteiger partial charge >= 0.3 is 0 Å². The summed E-state index contributed by atoms with van der Waals surface area (Å²) in [7, 11) is -0.731. The van der Waals surface area contributed by atoms with E-state index in [1.807, 2.05) is 32.0 Å². The zero-order valence-electron chi connectivity index (χ0n) is 16.8. The van der Waals surface area contributed by atoms with E-state index in [-0.39, 0.29) is 35.1 Å². The molecule has 0 radical (unpaired) electrons. The minimum atomic E-state index is -0.731. The highest BCUT2D eigenvalue weighted by Gasteiger charge is 2.25. The second-order valence-corrected chi connectivity index (χ2v) is 8.69. The number of aliphatic imine (C=N–C) groups is 1. The lowest BCUT2D eigenvalue weighted by atomic mass is 9.95. The maximum absolute atomic E-state index is 12.1. The van der Waals surface area contributed by atoms with E-state index in [1.54, 1.807) is 12.1 Å². The Morgan fingerprint density at radius 3 is 2.61 bits per heavy atom. The molecule has 1 aliphatic rings. The van der Waals surface area contributed by atoms with Crippen molar-refractivity contribution in [2.75, 3.05) is 25.4 Å². The van der Waals surface area contributed by atoms with E-state index in [0.717, 1.165) is 43.9 Å². The number of carbonyl (C=O) groups excluding carboxylic acids is 1. The minimum Gasteiger partial charge on any atom is -0.357 e. The first-order chi connectivity index (χ1) is 13.1. The first-order valence-corrected chi connectivity index (χ1v) is 11.3. The van der Waals surface area contributed by atoms with Crippen molar-refractivity contribution >= 4 is 46.6 Å². The second-order valence-electron chi connectivity index (χ2n) is 6.68. The molecular weight excluding hydrogens is 487 g/mol. The summed E-state index contributed by atoms with van der Waals surface area (Å²) in [6.45, 7) is 5.79. The molecule has 3 atom stereocenters. The number of carbonyl (C=O) groups is 1. The molecule has 1 saturated carbocycles. The number of rotatable bonds is 8. The van der Waals surface area contributed by atoms with Gasteiger partial charge in [-0.15, -0.1) is 24.0 Å². The van der Waals surface area contributed by atoms with Gasteiger partial charge in [0.05, 0.1) is 6.54 Å². The topological polar surface area (TPSA) is 82.6 Å². The average molecular weight is 520 g/mol. The van der Waals surface area contributed by atoms with E-state index in [4.69, 9.17) is 0 Å². The molecule has 0 aromatic heterocycles. The summed E-state index contributed by atoms with van der Waals surface area (Å²) in [4.78, 5) is 16.6. The Morgan fingerprint density at radius 1 is 1.18 bits per heavy atom. The van der Waals surface area contributed by atoms with Crippen LogP contribution in [0.15, 0.2) is 35.3 Å². The maximum Gasteiger partial charge on any atom is 0.251 e. The Labute approximate surface area is 188 Å². The van der Waals surface area contributed by atoms with Crippen LogP contribution >= 0.6 is 24.0 Å². The molecule has 28 heavy (non-hydrogen) atoms. The zero-order chi connectivity index (χ0) is 19.5. The molecule has 3 N–H and O–H groups in total. The van der Waals surface area contributed by atoms with E-state index in [0.29, 0.717) is 24.7 Å². The number of benzene rings is 1. The standard InChI is InChI=1S/C20H32N4O2S.HI/c1-3-21-20(24-17-11-8-12-18(15-17)27(26)4-2)23-14-13-22-19(25)16-9-6-5-7-10-16;/h5-7,9-10,17-18H,3-4,8,11-15H2,1-2H3,(H,22,25)(H2,21,23,24);1H. The van der Waals surface area contributed by atoms with Gasteiger partial charge in [0.15, 0.2) is 5.96 Å². The predicted molar refractivity (Wildman–Crippen MR) is 128 cm³/mol. The van der Waals surface area contributed by atoms with Gasteiger partial charge in [0, 0.05) is 46.5 Å². The van der Waals surface area contributed by atoms with E-state index in [9.17, 15) is 9.00 Å². The number of nitrogens with one attached hydrogen (secondary N) is 3. The third-order valence-corrected chi connectivity index (χ3v) is 6.41. The molecule has 0 aliphatic heterocycles. The molecule has 0 heterocycles. The Kier molecular flexibility index (Phi) is 12.4. The van der Waals surface area contributed by atoms with Crippen LogP contribution in [-0.4, -0.2) is 52.8 Å². The van der Waals surface area contributed by atoms with Gasteiger partial charge in [-0.1, -0.05) is 31.5 Å². The summed E-state index contributed by atoms with van der Waals surface area (Å²) in [5.74, 6) is 1.41. The molecule has 8 heteroatoms. The van der Waals surface area contributed by atoms with Crippen molar-refractivity contribution < 1.29 is 9.00 Å². The van der Waals surface area contributed by atoms with Gasteiger partial charge in [-0.05, 0) is 38.3 Å². The summed E-state index contributed by atoms with van der Waals surface area (Å²) in [6.07, 6.45) is 4.15. The number of hydrogen-bond acceptors (Lipinski definition) is 3. The van der Waals surface area contributed by atoms with Gasteiger partial charge in [0.2, 0.25) is 0 Å². The summed E-state index contributed by atoms with van der Waals surface area (Å²) in [5, 5.41) is 9.91. The molecule has 0 spiro atoms. The summed E-state index contributed by atoms with van der Waals surface area (Å²) < 4.78 is 12.1. The van der Waals surface area contributed by atoms with Gasteiger partial charge in [0.25, 0.3) is 5.91 Å². The van der Waals surface area contributed by atoms with Crippen LogP contribution in [0.5, 0.6) is 0 Å². The van der Waals surface area contributed by atoms with Crippen LogP contribution in [0.1, 0.15) is 49.9 Å². The molecule has 3 unspecified atom stereocenters. The SMILES string of the molecule is CCNC(=NCCNC(=O)c1ccccc1)NC1CCCC(S(=O)CC)C1.I. The summed E-state index contributed by atoms with van der Waals surface area (Å²) >= 11 is 0. The highest BCUT2D eigenvalue weighted by molar-refractivity contribution is 14.0. The smallest absolute Gasteiger partial charge is 0.251 e. The Bertz CT molecular complexity index is 642. The van der Waals surface area contributed by atoms with E-state index >= 15 is 0 Å². The average Bonchev–Trinajstić information content (AvgIpc) is 2.71. The Hall–Kier alpha value is -1.16. The lowest BCUT2D eigenvalue weighted by Gasteiger charge is -2.30. The van der Waals surface area contributed by atoms with Gasteiger partial charge < -0.3 is 16.0 Å². The molecule has 1 amide bonds. The van der Waals surface area contributed by atoms with Crippen LogP contribution in [0, 0.1) is 0 Å². The highest BCUT2D eigenvalue weighted by atomic mass is 127. The number of amides is 1. The zero-order valence-corrected chi connectivity index (χ0v) is 19.9.